The van der Waals surface area contributed by atoms with Gasteiger partial charge in [0.05, 0.1) is 26.5 Å². The molecule has 1 heterocycles. The van der Waals surface area contributed by atoms with Crippen molar-refractivity contribution in [1.29, 1.82) is 0 Å². The zero-order valence-electron chi connectivity index (χ0n) is 22.4. The number of thiazole rings is 1. The molecule has 1 N–H and O–H groups in total. The molecule has 1 amide bonds. The SMILES string of the molecule is COc1cc(C(=O)N(CCCc2ccccc2)Cc2nc(C(=O)CS(=O)(=O)CCCO)cs2)cc(OC)c1C. The summed E-state index contributed by atoms with van der Waals surface area (Å²) in [5.41, 5.74) is 2.40. The summed E-state index contributed by atoms with van der Waals surface area (Å²) in [5.74, 6) is -0.712. The molecule has 3 aromatic rings. The highest BCUT2D eigenvalue weighted by atomic mass is 32.2. The van der Waals surface area contributed by atoms with Crippen LogP contribution in [0.4, 0.5) is 0 Å². The number of ketones is 1. The number of sulfone groups is 1. The third-order valence-corrected chi connectivity index (χ3v) is 8.60. The summed E-state index contributed by atoms with van der Waals surface area (Å²) in [5, 5.41) is 10.9. The Morgan fingerprint density at radius 2 is 1.72 bits per heavy atom. The van der Waals surface area contributed by atoms with Crippen molar-refractivity contribution in [3.63, 3.8) is 0 Å². The number of amides is 1. The molecule has 39 heavy (non-hydrogen) atoms. The largest absolute Gasteiger partial charge is 0.496 e. The molecule has 0 spiro atoms. The highest BCUT2D eigenvalue weighted by Gasteiger charge is 2.23. The molecule has 0 saturated heterocycles. The Morgan fingerprint density at radius 3 is 2.33 bits per heavy atom. The van der Waals surface area contributed by atoms with Gasteiger partial charge in [-0.1, -0.05) is 30.3 Å². The molecule has 0 saturated carbocycles. The molecule has 0 bridgehead atoms. The summed E-state index contributed by atoms with van der Waals surface area (Å²) in [6, 6.07) is 13.3. The van der Waals surface area contributed by atoms with Crippen LogP contribution in [0.1, 0.15) is 49.8 Å². The van der Waals surface area contributed by atoms with Gasteiger partial charge in [0.2, 0.25) is 0 Å². The van der Waals surface area contributed by atoms with Crippen molar-refractivity contribution in [3.05, 3.63) is 75.2 Å². The molecular weight excluding hydrogens is 540 g/mol. The van der Waals surface area contributed by atoms with E-state index in [0.717, 1.165) is 17.5 Å². The predicted molar refractivity (Wildman–Crippen MR) is 151 cm³/mol. The number of carbonyl (C=O) groups is 2. The van der Waals surface area contributed by atoms with Gasteiger partial charge in [0, 0.05) is 29.7 Å². The molecule has 3 rings (SSSR count). The van der Waals surface area contributed by atoms with Crippen LogP contribution in [0.25, 0.3) is 0 Å². The Labute approximate surface area is 233 Å². The van der Waals surface area contributed by atoms with Gasteiger partial charge in [0.1, 0.15) is 28.0 Å². The van der Waals surface area contributed by atoms with E-state index in [2.05, 4.69) is 4.98 Å². The van der Waals surface area contributed by atoms with Crippen molar-refractivity contribution in [2.45, 2.75) is 32.7 Å². The highest BCUT2D eigenvalue weighted by Crippen LogP contribution is 2.30. The summed E-state index contributed by atoms with van der Waals surface area (Å²) >= 11 is 1.20. The lowest BCUT2D eigenvalue weighted by Gasteiger charge is -2.23. The number of nitrogens with zero attached hydrogens (tertiary/aromatic N) is 2. The fraction of sp³-hybridized carbons (Fsp3) is 0.393. The number of methoxy groups -OCH3 is 2. The molecule has 0 aliphatic carbocycles. The zero-order chi connectivity index (χ0) is 28.4. The molecule has 0 aliphatic heterocycles. The summed E-state index contributed by atoms with van der Waals surface area (Å²) < 4.78 is 35.2. The molecular formula is C28H34N2O7S2. The van der Waals surface area contributed by atoms with Gasteiger partial charge < -0.3 is 19.5 Å². The maximum absolute atomic E-state index is 13.7. The van der Waals surface area contributed by atoms with Gasteiger partial charge in [-0.3, -0.25) is 9.59 Å². The lowest BCUT2D eigenvalue weighted by molar-refractivity contribution is 0.0740. The van der Waals surface area contributed by atoms with Crippen LogP contribution in [0.2, 0.25) is 0 Å². The molecule has 11 heteroatoms. The van der Waals surface area contributed by atoms with Crippen LogP contribution in [0.15, 0.2) is 47.8 Å². The quantitative estimate of drug-likeness (QED) is 0.273. The highest BCUT2D eigenvalue weighted by molar-refractivity contribution is 7.92. The van der Waals surface area contributed by atoms with E-state index >= 15 is 0 Å². The topological polar surface area (TPSA) is 123 Å². The van der Waals surface area contributed by atoms with E-state index in [1.807, 2.05) is 37.3 Å². The van der Waals surface area contributed by atoms with E-state index in [9.17, 15) is 18.0 Å². The number of aliphatic hydroxyl groups is 1. The average Bonchev–Trinajstić information content (AvgIpc) is 3.40. The zero-order valence-corrected chi connectivity index (χ0v) is 24.0. The van der Waals surface area contributed by atoms with Gasteiger partial charge in [0.15, 0.2) is 15.6 Å². The maximum Gasteiger partial charge on any atom is 0.254 e. The van der Waals surface area contributed by atoms with Crippen LogP contribution in [0, 0.1) is 6.92 Å². The second-order valence-electron chi connectivity index (χ2n) is 9.04. The molecule has 1 aromatic heterocycles. The smallest absolute Gasteiger partial charge is 0.254 e. The van der Waals surface area contributed by atoms with Crippen molar-refractivity contribution < 1.29 is 32.6 Å². The summed E-state index contributed by atoms with van der Waals surface area (Å²) in [6.45, 7) is 2.18. The second-order valence-corrected chi connectivity index (χ2v) is 12.2. The van der Waals surface area contributed by atoms with Crippen LogP contribution < -0.4 is 9.47 Å². The third kappa shape index (κ3) is 8.61. The minimum absolute atomic E-state index is 0.0536. The van der Waals surface area contributed by atoms with E-state index in [-0.39, 0.29) is 36.9 Å². The van der Waals surface area contributed by atoms with Gasteiger partial charge in [-0.2, -0.15) is 0 Å². The van der Waals surface area contributed by atoms with Crippen LogP contribution in [0.5, 0.6) is 11.5 Å². The summed E-state index contributed by atoms with van der Waals surface area (Å²) in [6.07, 6.45) is 1.56. The van der Waals surface area contributed by atoms with Crippen LogP contribution in [-0.4, -0.2) is 74.0 Å². The Hall–Kier alpha value is -3.28. The van der Waals surface area contributed by atoms with Crippen molar-refractivity contribution >= 4 is 32.9 Å². The third-order valence-electron chi connectivity index (χ3n) is 6.15. The van der Waals surface area contributed by atoms with Gasteiger partial charge in [-0.25, -0.2) is 13.4 Å². The van der Waals surface area contributed by atoms with Crippen LogP contribution >= 0.6 is 11.3 Å². The van der Waals surface area contributed by atoms with E-state index in [0.29, 0.717) is 35.0 Å². The standard InChI is InChI=1S/C28H34N2O7S2/c1-20-25(36-2)15-22(16-26(20)37-3)28(33)30(12-7-11-21-9-5-4-6-10-21)17-27-29-23(18-38-27)24(32)19-39(34,35)14-8-13-31/h4-6,9-10,15-16,18,31H,7-8,11-14,17,19H2,1-3H3. The predicted octanol–water partition coefficient (Wildman–Crippen LogP) is 3.72. The van der Waals surface area contributed by atoms with Crippen molar-refractivity contribution in [3.8, 4) is 11.5 Å². The number of aryl methyl sites for hydroxylation is 1. The first-order valence-corrected chi connectivity index (χ1v) is 15.2. The fourth-order valence-corrected chi connectivity index (χ4v) is 6.14. The Kier molecular flexibility index (Phi) is 11.0. The van der Waals surface area contributed by atoms with E-state index in [1.165, 1.54) is 30.9 Å². The van der Waals surface area contributed by atoms with Crippen LogP contribution in [-0.2, 0) is 22.8 Å². The number of aromatic nitrogens is 1. The monoisotopic (exact) mass is 574 g/mol. The Bertz CT molecular complexity index is 1350. The molecule has 0 aliphatic rings. The number of rotatable bonds is 15. The number of carbonyl (C=O) groups excluding carboxylic acids is 2. The molecule has 0 fully saturated rings. The number of hydrogen-bond acceptors (Lipinski definition) is 9. The first-order valence-electron chi connectivity index (χ1n) is 12.5. The second kappa shape index (κ2) is 14.2. The lowest BCUT2D eigenvalue weighted by atomic mass is 10.1. The lowest BCUT2D eigenvalue weighted by Crippen LogP contribution is -2.32. The molecule has 0 radical (unpaired) electrons. The Morgan fingerprint density at radius 1 is 1.05 bits per heavy atom. The van der Waals surface area contributed by atoms with Crippen molar-refractivity contribution in [2.75, 3.05) is 38.9 Å². The minimum Gasteiger partial charge on any atom is -0.496 e. The average molecular weight is 575 g/mol. The first kappa shape index (κ1) is 30.3. The minimum atomic E-state index is -3.64. The normalized spacial score (nSPS) is 11.3. The van der Waals surface area contributed by atoms with Gasteiger partial charge in [-0.05, 0) is 43.9 Å². The number of hydrogen-bond donors (Lipinski definition) is 1. The Balaban J connectivity index is 1.81. The number of ether oxygens (including phenoxy) is 2. The van der Waals surface area contributed by atoms with E-state index in [1.54, 1.807) is 17.0 Å². The van der Waals surface area contributed by atoms with E-state index < -0.39 is 21.4 Å². The van der Waals surface area contributed by atoms with Crippen molar-refractivity contribution in [2.24, 2.45) is 0 Å². The molecule has 2 aromatic carbocycles. The summed E-state index contributed by atoms with van der Waals surface area (Å²) in [4.78, 5) is 32.3. The first-order chi connectivity index (χ1) is 18.7. The number of aliphatic hydroxyl groups excluding tert-OH is 1. The van der Waals surface area contributed by atoms with Crippen molar-refractivity contribution in [1.82, 2.24) is 9.88 Å². The van der Waals surface area contributed by atoms with Gasteiger partial charge in [-0.15, -0.1) is 11.3 Å². The van der Waals surface area contributed by atoms with E-state index in [4.69, 9.17) is 14.6 Å². The van der Waals surface area contributed by atoms with Gasteiger partial charge in [0.25, 0.3) is 5.91 Å². The molecule has 0 unspecified atom stereocenters. The van der Waals surface area contributed by atoms with Crippen LogP contribution in [0.3, 0.4) is 0 Å². The van der Waals surface area contributed by atoms with Gasteiger partial charge >= 0.3 is 0 Å². The number of benzene rings is 2. The number of Topliss-reactive ketones (excluding diaryl/α,β-unsaturated/α-hetero) is 1. The summed E-state index contributed by atoms with van der Waals surface area (Å²) in [7, 11) is -0.576. The molecule has 0 atom stereocenters. The molecule has 9 nitrogen and oxygen atoms in total. The fourth-order valence-electron chi connectivity index (χ4n) is 4.07. The molecule has 210 valence electrons. The maximum atomic E-state index is 13.7.